The Balaban J connectivity index is 0. The molecule has 0 aliphatic rings. The predicted molar refractivity (Wildman–Crippen MR) is 76.6 cm³/mol. The Morgan fingerprint density at radius 1 is 1.00 bits per heavy atom. The van der Waals surface area contributed by atoms with Crippen molar-refractivity contribution in [2.75, 3.05) is 6.54 Å². The van der Waals surface area contributed by atoms with Crippen molar-refractivity contribution >= 4 is 6.21 Å². The fourth-order valence-corrected chi connectivity index (χ4v) is 0.952. The molecule has 1 nitrogen and oxygen atoms in total. The van der Waals surface area contributed by atoms with E-state index in [1.807, 2.05) is 33.9 Å². The van der Waals surface area contributed by atoms with Gasteiger partial charge in [-0.25, -0.2) is 0 Å². The maximum absolute atomic E-state index is 4.26. The molecule has 0 N–H and O–H groups in total. The number of nitrogens with zero attached hydrogens (tertiary/aromatic N) is 1. The van der Waals surface area contributed by atoms with Gasteiger partial charge in [-0.3, -0.25) is 4.99 Å². The second kappa shape index (κ2) is 13.9. The molecule has 0 bridgehead atoms. The Bertz CT molecular complexity index is 247. The molecule has 1 aromatic rings. The number of aryl methyl sites for hydroxylation is 1. The third kappa shape index (κ3) is 9.45. The van der Waals surface area contributed by atoms with Crippen LogP contribution < -0.4 is 0 Å². The molecule has 1 rings (SSSR count). The van der Waals surface area contributed by atoms with Crippen molar-refractivity contribution in [1.82, 2.24) is 0 Å². The Morgan fingerprint density at radius 2 is 1.50 bits per heavy atom. The fraction of sp³-hybridized carbons (Fsp3) is 0.533. The summed E-state index contributed by atoms with van der Waals surface area (Å²) in [5.74, 6) is 0. The van der Waals surface area contributed by atoms with Crippen LogP contribution in [0.2, 0.25) is 0 Å². The molecule has 0 radical (unpaired) electrons. The number of hydrogen-bond donors (Lipinski definition) is 0. The topological polar surface area (TPSA) is 12.4 Å². The van der Waals surface area contributed by atoms with Crippen LogP contribution in [-0.2, 0) is 0 Å². The smallest absolute Gasteiger partial charge is 0.0386 e. The van der Waals surface area contributed by atoms with E-state index >= 15 is 0 Å². The van der Waals surface area contributed by atoms with Gasteiger partial charge >= 0.3 is 0 Å². The highest BCUT2D eigenvalue weighted by atomic mass is 14.7. The molecule has 0 aliphatic carbocycles. The first-order valence-electron chi connectivity index (χ1n) is 6.39. The van der Waals surface area contributed by atoms with Gasteiger partial charge in [0, 0.05) is 12.8 Å². The van der Waals surface area contributed by atoms with Crippen LogP contribution in [0.25, 0.3) is 0 Å². The molecule has 0 fully saturated rings. The van der Waals surface area contributed by atoms with Crippen LogP contribution in [-0.4, -0.2) is 12.8 Å². The lowest BCUT2D eigenvalue weighted by Crippen LogP contribution is -1.83. The van der Waals surface area contributed by atoms with Crippen molar-refractivity contribution in [2.24, 2.45) is 4.99 Å². The van der Waals surface area contributed by atoms with Crippen molar-refractivity contribution in [1.29, 1.82) is 0 Å². The Hall–Kier alpha value is -1.11. The standard InChI is InChI=1S/C11H15N.2C2H6/c1-3-8-12-9-11-6-4-10(2)5-7-11;2*1-2/h4-7,9H,3,8H2,1-2H3;2*1-2H3. The zero-order valence-electron chi connectivity index (χ0n) is 11.7. The minimum absolute atomic E-state index is 0.924. The van der Waals surface area contributed by atoms with Crippen molar-refractivity contribution in [3.05, 3.63) is 35.4 Å². The van der Waals surface area contributed by atoms with E-state index < -0.39 is 0 Å². The number of aliphatic imine (C=N–C) groups is 1. The van der Waals surface area contributed by atoms with Crippen molar-refractivity contribution in [3.8, 4) is 0 Å². The summed E-state index contributed by atoms with van der Waals surface area (Å²) < 4.78 is 0. The SMILES string of the molecule is CC.CC.CCCN=Cc1ccc(C)cc1. The zero-order valence-corrected chi connectivity index (χ0v) is 11.7. The van der Waals surface area contributed by atoms with Crippen LogP contribution in [0, 0.1) is 6.92 Å². The molecule has 0 heterocycles. The first-order chi connectivity index (χ1) is 7.83. The van der Waals surface area contributed by atoms with Gasteiger partial charge in [0.1, 0.15) is 0 Å². The first kappa shape index (κ1) is 17.3. The molecule has 0 spiro atoms. The van der Waals surface area contributed by atoms with Crippen molar-refractivity contribution < 1.29 is 0 Å². The Morgan fingerprint density at radius 3 is 1.94 bits per heavy atom. The maximum Gasteiger partial charge on any atom is 0.0386 e. The van der Waals surface area contributed by atoms with Crippen LogP contribution in [0.3, 0.4) is 0 Å². The summed E-state index contributed by atoms with van der Waals surface area (Å²) in [6.45, 7) is 13.1. The lowest BCUT2D eigenvalue weighted by atomic mass is 10.2. The van der Waals surface area contributed by atoms with E-state index in [1.165, 1.54) is 11.1 Å². The quantitative estimate of drug-likeness (QED) is 0.645. The highest BCUT2D eigenvalue weighted by Gasteiger charge is 1.85. The molecule has 1 aromatic carbocycles. The van der Waals surface area contributed by atoms with Crippen molar-refractivity contribution in [2.45, 2.75) is 48.0 Å². The molecule has 0 saturated carbocycles. The average molecular weight is 221 g/mol. The summed E-state index contributed by atoms with van der Waals surface area (Å²) >= 11 is 0. The average Bonchev–Trinajstić information content (AvgIpc) is 2.37. The monoisotopic (exact) mass is 221 g/mol. The second-order valence-electron chi connectivity index (χ2n) is 2.95. The van der Waals surface area contributed by atoms with Gasteiger partial charge < -0.3 is 0 Å². The third-order valence-corrected chi connectivity index (χ3v) is 1.67. The zero-order chi connectivity index (χ0) is 12.8. The molecule has 0 amide bonds. The molecule has 0 atom stereocenters. The van der Waals surface area contributed by atoms with E-state index in [4.69, 9.17) is 0 Å². The molecule has 16 heavy (non-hydrogen) atoms. The molecule has 1 heteroatoms. The van der Waals surface area contributed by atoms with E-state index in [2.05, 4.69) is 43.1 Å². The van der Waals surface area contributed by atoms with Crippen LogP contribution in [0.1, 0.15) is 52.2 Å². The van der Waals surface area contributed by atoms with E-state index in [0.717, 1.165) is 13.0 Å². The van der Waals surface area contributed by atoms with E-state index in [-0.39, 0.29) is 0 Å². The largest absolute Gasteiger partial charge is 0.293 e. The Kier molecular flexibility index (Phi) is 15.0. The number of benzene rings is 1. The van der Waals surface area contributed by atoms with Gasteiger partial charge in [-0.05, 0) is 18.9 Å². The van der Waals surface area contributed by atoms with Gasteiger partial charge in [-0.1, -0.05) is 64.4 Å². The van der Waals surface area contributed by atoms with Gasteiger partial charge in [0.05, 0.1) is 0 Å². The Labute approximate surface area is 102 Å². The summed E-state index contributed by atoms with van der Waals surface area (Å²) in [7, 11) is 0. The van der Waals surface area contributed by atoms with Crippen LogP contribution in [0.15, 0.2) is 29.3 Å². The van der Waals surface area contributed by atoms with E-state index in [1.54, 1.807) is 0 Å². The summed E-state index contributed by atoms with van der Waals surface area (Å²) in [4.78, 5) is 4.26. The number of hydrogen-bond acceptors (Lipinski definition) is 1. The molecule has 92 valence electrons. The summed E-state index contributed by atoms with van der Waals surface area (Å²) in [6, 6.07) is 8.39. The van der Waals surface area contributed by atoms with Gasteiger partial charge in [0.2, 0.25) is 0 Å². The normalized spacial score (nSPS) is 8.88. The molecule has 0 saturated heterocycles. The maximum atomic E-state index is 4.26. The third-order valence-electron chi connectivity index (χ3n) is 1.67. The van der Waals surface area contributed by atoms with Gasteiger partial charge in [0.15, 0.2) is 0 Å². The minimum Gasteiger partial charge on any atom is -0.293 e. The van der Waals surface area contributed by atoms with E-state index in [0.29, 0.717) is 0 Å². The molecular weight excluding hydrogens is 194 g/mol. The summed E-state index contributed by atoms with van der Waals surface area (Å²) in [5.41, 5.74) is 2.48. The molecule has 0 aliphatic heterocycles. The van der Waals surface area contributed by atoms with Gasteiger partial charge in [0.25, 0.3) is 0 Å². The summed E-state index contributed by atoms with van der Waals surface area (Å²) in [5, 5.41) is 0. The van der Waals surface area contributed by atoms with Gasteiger partial charge in [-0.15, -0.1) is 0 Å². The van der Waals surface area contributed by atoms with Crippen molar-refractivity contribution in [3.63, 3.8) is 0 Å². The minimum atomic E-state index is 0.924. The van der Waals surface area contributed by atoms with Gasteiger partial charge in [-0.2, -0.15) is 0 Å². The predicted octanol–water partition coefficient (Wildman–Crippen LogP) is 4.88. The molecule has 0 unspecified atom stereocenters. The molecular formula is C15H27N. The van der Waals surface area contributed by atoms with Crippen LogP contribution in [0.5, 0.6) is 0 Å². The summed E-state index contributed by atoms with van der Waals surface area (Å²) in [6.07, 6.45) is 3.05. The van der Waals surface area contributed by atoms with Crippen LogP contribution in [0.4, 0.5) is 0 Å². The first-order valence-corrected chi connectivity index (χ1v) is 6.39. The fourth-order valence-electron chi connectivity index (χ4n) is 0.952. The van der Waals surface area contributed by atoms with E-state index in [9.17, 15) is 0 Å². The highest BCUT2D eigenvalue weighted by molar-refractivity contribution is 5.79. The number of rotatable bonds is 3. The molecule has 0 aromatic heterocycles. The lowest BCUT2D eigenvalue weighted by molar-refractivity contribution is 0.937. The lowest BCUT2D eigenvalue weighted by Gasteiger charge is -1.93. The second-order valence-corrected chi connectivity index (χ2v) is 2.95. The highest BCUT2D eigenvalue weighted by Crippen LogP contribution is 2.00. The van der Waals surface area contributed by atoms with Crippen LogP contribution >= 0.6 is 0 Å².